The van der Waals surface area contributed by atoms with E-state index in [9.17, 15) is 9.50 Å². The maximum Gasteiger partial charge on any atom is 0.151 e. The van der Waals surface area contributed by atoms with Crippen LogP contribution < -0.4 is 10.2 Å². The van der Waals surface area contributed by atoms with Gasteiger partial charge < -0.3 is 15.3 Å². The second-order valence-corrected chi connectivity index (χ2v) is 5.67. The van der Waals surface area contributed by atoms with Gasteiger partial charge in [0.25, 0.3) is 0 Å². The molecule has 22 heavy (non-hydrogen) atoms. The van der Waals surface area contributed by atoms with Crippen LogP contribution >= 0.6 is 0 Å². The molecule has 1 atom stereocenters. The number of rotatable bonds is 4. The highest BCUT2D eigenvalue weighted by atomic mass is 19.1. The molecule has 1 aromatic heterocycles. The second-order valence-electron chi connectivity index (χ2n) is 5.67. The third-order valence-corrected chi connectivity index (χ3v) is 4.05. The first-order valence-corrected chi connectivity index (χ1v) is 7.52. The van der Waals surface area contributed by atoms with Gasteiger partial charge in [-0.25, -0.2) is 9.37 Å². The predicted octanol–water partition coefficient (Wildman–Crippen LogP) is 3.16. The van der Waals surface area contributed by atoms with Gasteiger partial charge in [-0.05, 0) is 42.7 Å². The fourth-order valence-corrected chi connectivity index (χ4v) is 2.73. The molecule has 0 fully saturated rings. The topological polar surface area (TPSA) is 48.4 Å². The number of β-amino-alcohol motifs (C(OH)–C–C–N with tert-alkyl or cyclic N) is 1. The Morgan fingerprint density at radius 3 is 2.95 bits per heavy atom. The number of hydrogen-bond acceptors (Lipinski definition) is 4. The van der Waals surface area contributed by atoms with Gasteiger partial charge >= 0.3 is 0 Å². The lowest BCUT2D eigenvalue weighted by atomic mass is 10.0. The first kappa shape index (κ1) is 14.8. The number of aliphatic hydroxyl groups is 1. The molecule has 2 N–H and O–H groups in total. The van der Waals surface area contributed by atoms with Crippen molar-refractivity contribution in [1.82, 2.24) is 4.98 Å². The molecule has 116 valence electrons. The third-order valence-electron chi connectivity index (χ3n) is 4.05. The number of nitrogens with zero attached hydrogens (tertiary/aromatic N) is 2. The molecule has 0 unspecified atom stereocenters. The van der Waals surface area contributed by atoms with Crippen LogP contribution in [0, 0.1) is 12.7 Å². The maximum atomic E-state index is 13.3. The Morgan fingerprint density at radius 1 is 1.41 bits per heavy atom. The highest BCUT2D eigenvalue weighted by Crippen LogP contribution is 2.34. The van der Waals surface area contributed by atoms with Crippen molar-refractivity contribution >= 4 is 11.5 Å². The molecule has 2 heterocycles. The van der Waals surface area contributed by atoms with Crippen molar-refractivity contribution in [3.63, 3.8) is 0 Å². The first-order valence-electron chi connectivity index (χ1n) is 7.52. The van der Waals surface area contributed by atoms with Gasteiger partial charge in [-0.1, -0.05) is 13.0 Å². The van der Waals surface area contributed by atoms with E-state index in [0.717, 1.165) is 34.6 Å². The highest BCUT2D eigenvalue weighted by molar-refractivity contribution is 5.78. The van der Waals surface area contributed by atoms with E-state index in [2.05, 4.69) is 15.2 Å². The zero-order valence-electron chi connectivity index (χ0n) is 12.8. The Kier molecular flexibility index (Phi) is 3.98. The van der Waals surface area contributed by atoms with Gasteiger partial charge in [-0.15, -0.1) is 0 Å². The fraction of sp³-hybridized carbons (Fsp3) is 0.353. The maximum absolute atomic E-state index is 13.3. The molecule has 5 heteroatoms. The number of benzene rings is 1. The number of pyridine rings is 1. The van der Waals surface area contributed by atoms with Crippen molar-refractivity contribution in [2.45, 2.75) is 26.4 Å². The van der Waals surface area contributed by atoms with E-state index < -0.39 is 0 Å². The van der Waals surface area contributed by atoms with Crippen LogP contribution in [0.3, 0.4) is 0 Å². The van der Waals surface area contributed by atoms with Crippen LogP contribution in [0.2, 0.25) is 0 Å². The van der Waals surface area contributed by atoms with Crippen molar-refractivity contribution in [3.8, 4) is 11.1 Å². The molecule has 1 aliphatic heterocycles. The van der Waals surface area contributed by atoms with Crippen LogP contribution in [0.15, 0.2) is 30.5 Å². The molecule has 3 rings (SSSR count). The minimum atomic E-state index is -0.357. The van der Waals surface area contributed by atoms with Gasteiger partial charge in [0.05, 0.1) is 18.5 Å². The van der Waals surface area contributed by atoms with E-state index in [1.165, 1.54) is 12.1 Å². The van der Waals surface area contributed by atoms with Gasteiger partial charge in [0.2, 0.25) is 0 Å². The number of hydrogen-bond donors (Lipinski definition) is 2. The summed E-state index contributed by atoms with van der Waals surface area (Å²) in [5.74, 6) is 0.594. The van der Waals surface area contributed by atoms with Crippen LogP contribution in [0.4, 0.5) is 15.9 Å². The minimum absolute atomic E-state index is 0.232. The Bertz CT molecular complexity index is 690. The summed E-state index contributed by atoms with van der Waals surface area (Å²) in [6, 6.07) is 6.82. The van der Waals surface area contributed by atoms with E-state index in [-0.39, 0.29) is 11.9 Å². The molecule has 2 aromatic rings. The molecule has 0 saturated heterocycles. The van der Waals surface area contributed by atoms with E-state index in [4.69, 9.17) is 0 Å². The van der Waals surface area contributed by atoms with Crippen molar-refractivity contribution in [2.75, 3.05) is 23.4 Å². The average Bonchev–Trinajstić information content (AvgIpc) is 2.89. The summed E-state index contributed by atoms with van der Waals surface area (Å²) in [4.78, 5) is 6.54. The quantitative estimate of drug-likeness (QED) is 0.911. The van der Waals surface area contributed by atoms with E-state index >= 15 is 0 Å². The predicted molar refractivity (Wildman–Crippen MR) is 86.5 cm³/mol. The Hall–Kier alpha value is -2.14. The molecule has 0 bridgehead atoms. The molecule has 4 nitrogen and oxygen atoms in total. The van der Waals surface area contributed by atoms with E-state index in [1.54, 1.807) is 12.3 Å². The van der Waals surface area contributed by atoms with E-state index in [0.29, 0.717) is 13.2 Å². The lowest BCUT2D eigenvalue weighted by molar-refractivity contribution is 0.176. The van der Waals surface area contributed by atoms with Crippen LogP contribution in [-0.4, -0.2) is 29.4 Å². The van der Waals surface area contributed by atoms with Crippen molar-refractivity contribution < 1.29 is 9.50 Å². The summed E-state index contributed by atoms with van der Waals surface area (Å²) in [5.41, 5.74) is 3.79. The summed E-state index contributed by atoms with van der Waals surface area (Å²) in [7, 11) is 0. The first-order chi connectivity index (χ1) is 10.6. The van der Waals surface area contributed by atoms with Crippen molar-refractivity contribution in [1.29, 1.82) is 0 Å². The summed E-state index contributed by atoms with van der Waals surface area (Å²) in [6.07, 6.45) is 2.16. The molecule has 0 amide bonds. The molecule has 0 aliphatic carbocycles. The lowest BCUT2D eigenvalue weighted by Crippen LogP contribution is -2.31. The number of aliphatic hydroxyl groups excluding tert-OH is 1. The molecule has 0 spiro atoms. The van der Waals surface area contributed by atoms with E-state index in [1.807, 2.05) is 19.9 Å². The number of anilines is 2. The summed E-state index contributed by atoms with van der Waals surface area (Å²) in [6.45, 7) is 5.07. The number of aromatic nitrogens is 1. The fourth-order valence-electron chi connectivity index (χ4n) is 2.73. The molecular formula is C17H20FN3O. The largest absolute Gasteiger partial charge is 0.391 e. The number of nitrogens with one attached hydrogen (secondary N) is 1. The van der Waals surface area contributed by atoms with Crippen LogP contribution in [-0.2, 0) is 0 Å². The Labute approximate surface area is 129 Å². The summed E-state index contributed by atoms with van der Waals surface area (Å²) < 4.78 is 13.3. The normalized spacial score (nSPS) is 14.6. The van der Waals surface area contributed by atoms with Crippen molar-refractivity contribution in [2.24, 2.45) is 0 Å². The molecule has 1 aliphatic rings. The zero-order valence-corrected chi connectivity index (χ0v) is 12.8. The zero-order chi connectivity index (χ0) is 15.7. The Balaban J connectivity index is 1.94. The summed E-state index contributed by atoms with van der Waals surface area (Å²) >= 11 is 0. The highest BCUT2D eigenvalue weighted by Gasteiger charge is 2.22. The molecule has 0 saturated carbocycles. The number of fused-ring (bicyclic) bond motifs is 1. The van der Waals surface area contributed by atoms with Crippen LogP contribution in [0.1, 0.15) is 18.9 Å². The van der Waals surface area contributed by atoms with Gasteiger partial charge in [-0.2, -0.15) is 0 Å². The van der Waals surface area contributed by atoms with Gasteiger partial charge in [-0.3, -0.25) is 0 Å². The minimum Gasteiger partial charge on any atom is -0.391 e. The Morgan fingerprint density at radius 2 is 2.23 bits per heavy atom. The van der Waals surface area contributed by atoms with Crippen LogP contribution in [0.5, 0.6) is 0 Å². The SMILES string of the molecule is CC[C@H](O)CN1CNc2ncc(-c3ccc(F)cc3C)cc21. The molecular weight excluding hydrogens is 281 g/mol. The standard InChI is InChI=1S/C17H20FN3O/c1-3-14(22)9-21-10-20-17-16(21)7-12(8-19-17)15-5-4-13(18)6-11(15)2/h4-8,14,22H,3,9-10H2,1-2H3,(H,19,20)/t14-/m0/s1. The molecule has 0 radical (unpaired) electrons. The van der Waals surface area contributed by atoms with Gasteiger partial charge in [0.1, 0.15) is 5.82 Å². The lowest BCUT2D eigenvalue weighted by Gasteiger charge is -2.21. The molecule has 1 aromatic carbocycles. The monoisotopic (exact) mass is 301 g/mol. The number of aryl methyl sites for hydroxylation is 1. The third kappa shape index (κ3) is 2.76. The van der Waals surface area contributed by atoms with Gasteiger partial charge in [0.15, 0.2) is 5.82 Å². The number of halogens is 1. The summed E-state index contributed by atoms with van der Waals surface area (Å²) in [5, 5.41) is 13.1. The second kappa shape index (κ2) is 5.93. The average molecular weight is 301 g/mol. The van der Waals surface area contributed by atoms with Gasteiger partial charge in [0, 0.05) is 18.3 Å². The smallest absolute Gasteiger partial charge is 0.151 e. The van der Waals surface area contributed by atoms with Crippen molar-refractivity contribution in [3.05, 3.63) is 41.8 Å². The van der Waals surface area contributed by atoms with Crippen LogP contribution in [0.25, 0.3) is 11.1 Å².